The summed E-state index contributed by atoms with van der Waals surface area (Å²) in [5.74, 6) is 0.820. The summed E-state index contributed by atoms with van der Waals surface area (Å²) in [7, 11) is 6.01. The van der Waals surface area contributed by atoms with E-state index < -0.39 is 0 Å². The molecule has 0 amide bonds. The molecule has 2 N–H and O–H groups in total. The Morgan fingerprint density at radius 2 is 1.77 bits per heavy atom. The molecular formula is C23H31IN6. The summed E-state index contributed by atoms with van der Waals surface area (Å²) in [4.78, 5) is 6.58. The van der Waals surface area contributed by atoms with E-state index in [9.17, 15) is 0 Å². The van der Waals surface area contributed by atoms with Gasteiger partial charge in [-0.2, -0.15) is 5.10 Å². The molecule has 6 nitrogen and oxygen atoms in total. The third kappa shape index (κ3) is 6.84. The van der Waals surface area contributed by atoms with Crippen molar-refractivity contribution in [2.45, 2.75) is 12.5 Å². The van der Waals surface area contributed by atoms with Gasteiger partial charge in [-0.1, -0.05) is 42.5 Å². The van der Waals surface area contributed by atoms with Crippen LogP contribution in [0.15, 0.2) is 78.0 Å². The van der Waals surface area contributed by atoms with Crippen LogP contribution < -0.4 is 10.6 Å². The highest BCUT2D eigenvalue weighted by atomic mass is 127. The fourth-order valence-electron chi connectivity index (χ4n) is 3.25. The Morgan fingerprint density at radius 1 is 1.03 bits per heavy atom. The Hall–Kier alpha value is -2.39. The number of benzene rings is 2. The van der Waals surface area contributed by atoms with Crippen LogP contribution in [0.5, 0.6) is 0 Å². The maximum absolute atomic E-state index is 4.36. The van der Waals surface area contributed by atoms with Crippen LogP contribution in [-0.2, 0) is 6.42 Å². The van der Waals surface area contributed by atoms with Crippen molar-refractivity contribution < 1.29 is 0 Å². The minimum atomic E-state index is 0. The van der Waals surface area contributed by atoms with Gasteiger partial charge >= 0.3 is 0 Å². The van der Waals surface area contributed by atoms with Crippen molar-refractivity contribution in [1.82, 2.24) is 25.3 Å². The van der Waals surface area contributed by atoms with Gasteiger partial charge in [0.05, 0.1) is 11.7 Å². The van der Waals surface area contributed by atoms with Gasteiger partial charge in [0, 0.05) is 32.5 Å². The standard InChI is InChI=1S/C23H30N6.HI/c1-24-23(26-18-22(28(2)3)20-8-5-4-6-9-20)25-16-14-19-10-12-21(13-11-19)29-17-7-15-27-29;/h4-13,15,17,22H,14,16,18H2,1-3H3,(H2,24,25,26);1H. The molecule has 1 unspecified atom stereocenters. The number of nitrogens with one attached hydrogen (secondary N) is 2. The molecule has 2 aromatic carbocycles. The third-order valence-electron chi connectivity index (χ3n) is 4.91. The third-order valence-corrected chi connectivity index (χ3v) is 4.91. The molecule has 0 spiro atoms. The molecule has 0 saturated carbocycles. The normalized spacial score (nSPS) is 12.3. The van der Waals surface area contributed by atoms with Gasteiger partial charge in [0.2, 0.25) is 0 Å². The summed E-state index contributed by atoms with van der Waals surface area (Å²) in [5, 5.41) is 11.1. The van der Waals surface area contributed by atoms with Crippen LogP contribution in [0, 0.1) is 0 Å². The quantitative estimate of drug-likeness (QED) is 0.272. The minimum Gasteiger partial charge on any atom is -0.356 e. The lowest BCUT2D eigenvalue weighted by Gasteiger charge is -2.26. The number of rotatable bonds is 8. The number of hydrogen-bond acceptors (Lipinski definition) is 3. The second-order valence-corrected chi connectivity index (χ2v) is 7.14. The van der Waals surface area contributed by atoms with Crippen LogP contribution in [0.2, 0.25) is 0 Å². The first-order chi connectivity index (χ1) is 14.2. The maximum Gasteiger partial charge on any atom is 0.191 e. The first-order valence-electron chi connectivity index (χ1n) is 9.92. The number of aliphatic imine (C=N–C) groups is 1. The molecule has 3 aromatic rings. The van der Waals surface area contributed by atoms with Crippen LogP contribution in [0.1, 0.15) is 17.2 Å². The van der Waals surface area contributed by atoms with E-state index in [1.54, 1.807) is 13.2 Å². The van der Waals surface area contributed by atoms with Crippen molar-refractivity contribution in [2.75, 3.05) is 34.2 Å². The van der Waals surface area contributed by atoms with Gasteiger partial charge in [0.1, 0.15) is 0 Å². The van der Waals surface area contributed by atoms with E-state index >= 15 is 0 Å². The van der Waals surface area contributed by atoms with Crippen LogP contribution in [0.25, 0.3) is 5.69 Å². The van der Waals surface area contributed by atoms with Crippen molar-refractivity contribution in [2.24, 2.45) is 4.99 Å². The summed E-state index contributed by atoms with van der Waals surface area (Å²) in [6.45, 7) is 1.61. The zero-order valence-corrected chi connectivity index (χ0v) is 20.2. The molecular weight excluding hydrogens is 487 g/mol. The van der Waals surface area contributed by atoms with Gasteiger partial charge in [-0.05, 0) is 49.8 Å². The van der Waals surface area contributed by atoms with Gasteiger partial charge in [-0.25, -0.2) is 4.68 Å². The average Bonchev–Trinajstić information content (AvgIpc) is 3.28. The van der Waals surface area contributed by atoms with E-state index in [-0.39, 0.29) is 30.0 Å². The molecule has 30 heavy (non-hydrogen) atoms. The van der Waals surface area contributed by atoms with Gasteiger partial charge < -0.3 is 15.5 Å². The Kier molecular flexibility index (Phi) is 9.82. The van der Waals surface area contributed by atoms with E-state index in [1.165, 1.54) is 11.1 Å². The van der Waals surface area contributed by atoms with Gasteiger partial charge in [0.25, 0.3) is 0 Å². The molecule has 3 rings (SSSR count). The molecule has 0 bridgehead atoms. The summed E-state index contributed by atoms with van der Waals surface area (Å²) in [6, 6.07) is 21.2. The summed E-state index contributed by atoms with van der Waals surface area (Å²) in [5.41, 5.74) is 3.64. The fourth-order valence-corrected chi connectivity index (χ4v) is 3.25. The summed E-state index contributed by atoms with van der Waals surface area (Å²) < 4.78 is 1.86. The number of hydrogen-bond donors (Lipinski definition) is 2. The molecule has 0 aliphatic heterocycles. The average molecular weight is 518 g/mol. The molecule has 1 aromatic heterocycles. The Morgan fingerprint density at radius 3 is 2.37 bits per heavy atom. The highest BCUT2D eigenvalue weighted by Gasteiger charge is 2.14. The number of guanidine groups is 1. The van der Waals surface area contributed by atoms with Crippen molar-refractivity contribution >= 4 is 29.9 Å². The minimum absolute atomic E-state index is 0. The number of nitrogens with zero attached hydrogens (tertiary/aromatic N) is 4. The van der Waals surface area contributed by atoms with Gasteiger partial charge in [-0.15, -0.1) is 24.0 Å². The van der Waals surface area contributed by atoms with Crippen LogP contribution in [0.3, 0.4) is 0 Å². The largest absolute Gasteiger partial charge is 0.356 e. The Labute approximate surface area is 196 Å². The predicted molar refractivity (Wildman–Crippen MR) is 135 cm³/mol. The molecule has 0 aliphatic carbocycles. The molecule has 0 fully saturated rings. The SMILES string of the molecule is CN=C(NCCc1ccc(-n2cccn2)cc1)NCC(c1ccccc1)N(C)C.I. The van der Waals surface area contributed by atoms with Crippen molar-refractivity contribution in [3.05, 3.63) is 84.2 Å². The topological polar surface area (TPSA) is 57.5 Å². The zero-order chi connectivity index (χ0) is 20.5. The Balaban J connectivity index is 0.00000320. The van der Waals surface area contributed by atoms with E-state index in [2.05, 4.69) is 88.3 Å². The molecule has 0 saturated heterocycles. The Bertz CT molecular complexity index is 876. The highest BCUT2D eigenvalue weighted by Crippen LogP contribution is 2.16. The second-order valence-electron chi connectivity index (χ2n) is 7.14. The molecule has 0 aliphatic rings. The molecule has 1 heterocycles. The van der Waals surface area contributed by atoms with E-state index in [1.807, 2.05) is 23.0 Å². The van der Waals surface area contributed by atoms with E-state index in [4.69, 9.17) is 0 Å². The summed E-state index contributed by atoms with van der Waals surface area (Å²) in [6.07, 6.45) is 4.66. The van der Waals surface area contributed by atoms with Gasteiger partial charge in [-0.3, -0.25) is 4.99 Å². The predicted octanol–water partition coefficient (Wildman–Crippen LogP) is 3.50. The lowest BCUT2D eigenvalue weighted by Crippen LogP contribution is -2.42. The number of aromatic nitrogens is 2. The zero-order valence-electron chi connectivity index (χ0n) is 17.8. The van der Waals surface area contributed by atoms with Gasteiger partial charge in [0.15, 0.2) is 5.96 Å². The van der Waals surface area contributed by atoms with Crippen LogP contribution >= 0.6 is 24.0 Å². The molecule has 1 atom stereocenters. The number of halogens is 1. The highest BCUT2D eigenvalue weighted by molar-refractivity contribution is 14.0. The first kappa shape index (κ1) is 23.9. The number of likely N-dealkylation sites (N-methyl/N-ethyl adjacent to an activating group) is 1. The van der Waals surface area contributed by atoms with E-state index in [0.29, 0.717) is 0 Å². The lowest BCUT2D eigenvalue weighted by atomic mass is 10.1. The fraction of sp³-hybridized carbons (Fsp3) is 0.304. The smallest absolute Gasteiger partial charge is 0.191 e. The molecule has 0 radical (unpaired) electrons. The van der Waals surface area contributed by atoms with Crippen LogP contribution in [-0.4, -0.2) is 54.9 Å². The molecule has 160 valence electrons. The molecule has 7 heteroatoms. The monoisotopic (exact) mass is 518 g/mol. The van der Waals surface area contributed by atoms with Crippen LogP contribution in [0.4, 0.5) is 0 Å². The second kappa shape index (κ2) is 12.3. The summed E-state index contributed by atoms with van der Waals surface area (Å²) >= 11 is 0. The van der Waals surface area contributed by atoms with Crippen molar-refractivity contribution in [3.8, 4) is 5.69 Å². The maximum atomic E-state index is 4.36. The van der Waals surface area contributed by atoms with Crippen molar-refractivity contribution in [3.63, 3.8) is 0 Å². The lowest BCUT2D eigenvalue weighted by molar-refractivity contribution is 0.298. The first-order valence-corrected chi connectivity index (χ1v) is 9.92. The van der Waals surface area contributed by atoms with Crippen molar-refractivity contribution in [1.29, 1.82) is 0 Å². The van der Waals surface area contributed by atoms with E-state index in [0.717, 1.165) is 31.2 Å².